The van der Waals surface area contributed by atoms with Crippen molar-refractivity contribution in [2.75, 3.05) is 5.32 Å². The van der Waals surface area contributed by atoms with Crippen LogP contribution >= 0.6 is 11.6 Å². The highest BCUT2D eigenvalue weighted by atomic mass is 35.5. The smallest absolute Gasteiger partial charge is 0.246 e. The Morgan fingerprint density at radius 1 is 1.19 bits per heavy atom. The lowest BCUT2D eigenvalue weighted by atomic mass is 9.92. The molecule has 0 saturated carbocycles. The molecular weight excluding hydrogens is 376 g/mol. The summed E-state index contributed by atoms with van der Waals surface area (Å²) in [5.41, 5.74) is 0.593. The van der Waals surface area contributed by atoms with Crippen molar-refractivity contribution < 1.29 is 13.2 Å². The number of hydrogen-bond acceptors (Lipinski definition) is 5. The zero-order chi connectivity index (χ0) is 19.9. The molecule has 0 unspecified atom stereocenters. The monoisotopic (exact) mass is 398 g/mol. The number of sulfone groups is 1. The van der Waals surface area contributed by atoms with E-state index in [0.717, 1.165) is 11.9 Å². The van der Waals surface area contributed by atoms with Crippen molar-refractivity contribution in [3.63, 3.8) is 0 Å². The summed E-state index contributed by atoms with van der Waals surface area (Å²) in [6.07, 6.45) is 1.15. The Bertz CT molecular complexity index is 926. The van der Waals surface area contributed by atoms with Crippen LogP contribution in [0.2, 0.25) is 5.15 Å². The number of halogens is 1. The highest BCUT2D eigenvalue weighted by molar-refractivity contribution is 7.93. The van der Waals surface area contributed by atoms with Crippen LogP contribution in [0, 0.1) is 0 Å². The van der Waals surface area contributed by atoms with Crippen molar-refractivity contribution in [1.82, 2.24) is 14.8 Å². The van der Waals surface area contributed by atoms with Gasteiger partial charge in [-0.15, -0.1) is 0 Å². The third kappa shape index (κ3) is 3.76. The van der Waals surface area contributed by atoms with E-state index in [2.05, 4.69) is 15.4 Å². The Morgan fingerprint density at radius 3 is 2.27 bits per heavy atom. The SMILES string of the molecule is Cn1nc(C(C)(C)C)cc1NC(=O)C(C)(C)S(=O)(=O)c1ccc(Cl)nc1. The van der Waals surface area contributed by atoms with Gasteiger partial charge >= 0.3 is 0 Å². The van der Waals surface area contributed by atoms with E-state index in [1.54, 1.807) is 13.1 Å². The number of nitrogens with one attached hydrogen (secondary N) is 1. The molecule has 0 radical (unpaired) electrons. The van der Waals surface area contributed by atoms with Gasteiger partial charge in [0.1, 0.15) is 15.7 Å². The van der Waals surface area contributed by atoms with Crippen molar-refractivity contribution in [3.8, 4) is 0 Å². The predicted molar refractivity (Wildman–Crippen MR) is 101 cm³/mol. The Hall–Kier alpha value is -1.93. The number of carbonyl (C=O) groups is 1. The molecule has 2 aromatic rings. The fourth-order valence-electron chi connectivity index (χ4n) is 2.16. The van der Waals surface area contributed by atoms with Gasteiger partial charge in [0, 0.05) is 24.7 Å². The van der Waals surface area contributed by atoms with E-state index >= 15 is 0 Å². The van der Waals surface area contributed by atoms with Gasteiger partial charge in [-0.25, -0.2) is 13.4 Å². The average molecular weight is 399 g/mol. The summed E-state index contributed by atoms with van der Waals surface area (Å²) in [5, 5.41) is 7.22. The maximum absolute atomic E-state index is 12.9. The quantitative estimate of drug-likeness (QED) is 0.799. The molecule has 0 bridgehead atoms. The Morgan fingerprint density at radius 2 is 1.81 bits per heavy atom. The van der Waals surface area contributed by atoms with Gasteiger partial charge in [-0.2, -0.15) is 5.10 Å². The highest BCUT2D eigenvalue weighted by Crippen LogP contribution is 2.28. The maximum Gasteiger partial charge on any atom is 0.246 e. The second-order valence-corrected chi connectivity index (χ2v) is 10.5. The van der Waals surface area contributed by atoms with Crippen molar-refractivity contribution in [3.05, 3.63) is 35.2 Å². The van der Waals surface area contributed by atoms with E-state index in [1.165, 1.54) is 30.7 Å². The van der Waals surface area contributed by atoms with Gasteiger partial charge < -0.3 is 5.32 Å². The maximum atomic E-state index is 12.9. The molecule has 0 aliphatic heterocycles. The molecule has 2 aromatic heterocycles. The second-order valence-electron chi connectivity index (χ2n) is 7.57. The first-order chi connectivity index (χ1) is 11.8. The standard InChI is InChI=1S/C17H23ClN4O3S/c1-16(2,3)12-9-14(22(6)21-12)20-15(23)17(4,5)26(24,25)11-7-8-13(18)19-10-11/h7-10H,1-6H3,(H,20,23). The minimum atomic E-state index is -3.97. The van der Waals surface area contributed by atoms with Crippen molar-refractivity contribution >= 4 is 33.2 Å². The van der Waals surface area contributed by atoms with Crippen LogP contribution in [-0.4, -0.2) is 33.8 Å². The number of nitrogens with zero attached hydrogens (tertiary/aromatic N) is 3. The number of rotatable bonds is 4. The van der Waals surface area contributed by atoms with Crippen molar-refractivity contribution in [1.29, 1.82) is 0 Å². The molecular formula is C17H23ClN4O3S. The van der Waals surface area contributed by atoms with Gasteiger partial charge in [-0.1, -0.05) is 32.4 Å². The van der Waals surface area contributed by atoms with E-state index in [1.807, 2.05) is 20.8 Å². The van der Waals surface area contributed by atoms with Gasteiger partial charge in [0.15, 0.2) is 9.84 Å². The molecule has 26 heavy (non-hydrogen) atoms. The van der Waals surface area contributed by atoms with Crippen LogP contribution in [-0.2, 0) is 27.1 Å². The first-order valence-electron chi connectivity index (χ1n) is 7.99. The first-order valence-corrected chi connectivity index (χ1v) is 9.85. The lowest BCUT2D eigenvalue weighted by molar-refractivity contribution is -0.117. The summed E-state index contributed by atoms with van der Waals surface area (Å²) in [4.78, 5) is 16.5. The fourth-order valence-corrected chi connectivity index (χ4v) is 3.59. The second kappa shape index (κ2) is 6.66. The van der Waals surface area contributed by atoms with Crippen molar-refractivity contribution in [2.45, 2.75) is 49.7 Å². The highest BCUT2D eigenvalue weighted by Gasteiger charge is 2.43. The summed E-state index contributed by atoms with van der Waals surface area (Å²) in [6, 6.07) is 4.45. The molecule has 9 heteroatoms. The van der Waals surface area contributed by atoms with Gasteiger partial charge in [0.2, 0.25) is 5.91 Å². The zero-order valence-electron chi connectivity index (χ0n) is 15.7. The van der Waals surface area contributed by atoms with Crippen LogP contribution in [0.4, 0.5) is 5.82 Å². The lowest BCUT2D eigenvalue weighted by Gasteiger charge is -2.23. The number of amides is 1. The molecule has 1 N–H and O–H groups in total. The molecule has 0 saturated heterocycles. The van der Waals surface area contributed by atoms with Gasteiger partial charge in [-0.3, -0.25) is 9.48 Å². The largest absolute Gasteiger partial charge is 0.310 e. The zero-order valence-corrected chi connectivity index (χ0v) is 17.2. The number of hydrogen-bond donors (Lipinski definition) is 1. The summed E-state index contributed by atoms with van der Waals surface area (Å²) < 4.78 is 25.6. The minimum absolute atomic E-state index is 0.0672. The molecule has 0 aliphatic rings. The minimum Gasteiger partial charge on any atom is -0.310 e. The van der Waals surface area contributed by atoms with E-state index in [0.29, 0.717) is 5.82 Å². The fraction of sp³-hybridized carbons (Fsp3) is 0.471. The average Bonchev–Trinajstić information content (AvgIpc) is 2.88. The molecule has 2 rings (SSSR count). The third-order valence-electron chi connectivity index (χ3n) is 4.12. The summed E-state index contributed by atoms with van der Waals surface area (Å²) >= 11 is 5.71. The lowest BCUT2D eigenvalue weighted by Crippen LogP contribution is -2.44. The number of carbonyl (C=O) groups excluding carboxylic acids is 1. The van der Waals surface area contributed by atoms with Crippen LogP contribution in [0.3, 0.4) is 0 Å². The molecule has 0 aromatic carbocycles. The molecule has 0 atom stereocenters. The van der Waals surface area contributed by atoms with E-state index < -0.39 is 20.5 Å². The summed E-state index contributed by atoms with van der Waals surface area (Å²) in [6.45, 7) is 8.72. The molecule has 0 aliphatic carbocycles. The Balaban J connectivity index is 2.33. The number of aryl methyl sites for hydroxylation is 1. The molecule has 7 nitrogen and oxygen atoms in total. The molecule has 142 valence electrons. The normalized spacial score (nSPS) is 12.9. The molecule has 2 heterocycles. The molecule has 0 fully saturated rings. The van der Waals surface area contributed by atoms with Crippen LogP contribution in [0.1, 0.15) is 40.3 Å². The number of aromatic nitrogens is 3. The Kier molecular flexibility index (Phi) is 5.22. The van der Waals surface area contributed by atoms with E-state index in [9.17, 15) is 13.2 Å². The Labute approximate surface area is 158 Å². The summed E-state index contributed by atoms with van der Waals surface area (Å²) in [7, 11) is -2.28. The van der Waals surface area contributed by atoms with E-state index in [4.69, 9.17) is 11.6 Å². The van der Waals surface area contributed by atoms with Gasteiger partial charge in [-0.05, 0) is 26.0 Å². The van der Waals surface area contributed by atoms with Crippen LogP contribution in [0.25, 0.3) is 0 Å². The first kappa shape index (κ1) is 20.4. The van der Waals surface area contributed by atoms with Crippen LogP contribution < -0.4 is 5.32 Å². The van der Waals surface area contributed by atoms with Gasteiger partial charge in [0.25, 0.3) is 0 Å². The van der Waals surface area contributed by atoms with Crippen LogP contribution in [0.15, 0.2) is 29.3 Å². The van der Waals surface area contributed by atoms with Gasteiger partial charge in [0.05, 0.1) is 10.6 Å². The number of pyridine rings is 1. The number of anilines is 1. The molecule has 0 spiro atoms. The van der Waals surface area contributed by atoms with Crippen molar-refractivity contribution in [2.24, 2.45) is 7.05 Å². The van der Waals surface area contributed by atoms with E-state index in [-0.39, 0.29) is 15.5 Å². The predicted octanol–water partition coefficient (Wildman–Crippen LogP) is 2.96. The summed E-state index contributed by atoms with van der Waals surface area (Å²) in [5.74, 6) is -0.228. The topological polar surface area (TPSA) is 94.0 Å². The third-order valence-corrected chi connectivity index (χ3v) is 6.73. The van der Waals surface area contributed by atoms with Crippen LogP contribution in [0.5, 0.6) is 0 Å². The molecule has 1 amide bonds.